The van der Waals surface area contributed by atoms with Crippen LogP contribution in [-0.2, 0) is 14.9 Å². The number of hydrogen-bond donors (Lipinski definition) is 0. The summed E-state index contributed by atoms with van der Waals surface area (Å²) < 4.78 is 12.0. The topological polar surface area (TPSA) is 17.1 Å². The van der Waals surface area contributed by atoms with Crippen molar-refractivity contribution >= 4 is 21.5 Å². The van der Waals surface area contributed by atoms with E-state index < -0.39 is 9.52 Å². The summed E-state index contributed by atoms with van der Waals surface area (Å²) in [6.07, 6.45) is 1.92. The van der Waals surface area contributed by atoms with Crippen LogP contribution in [0.25, 0.3) is 6.08 Å². The highest BCUT2D eigenvalue weighted by atomic mass is 32.2. The van der Waals surface area contributed by atoms with Gasteiger partial charge in [0, 0.05) is 14.4 Å². The Morgan fingerprint density at radius 3 is 2.53 bits per heavy atom. The lowest BCUT2D eigenvalue weighted by Crippen LogP contribution is -2.11. The van der Waals surface area contributed by atoms with E-state index in [0.29, 0.717) is 0 Å². The van der Waals surface area contributed by atoms with Gasteiger partial charge in [0.1, 0.15) is 0 Å². The molecular weight excluding hydrogens is 204 g/mol. The van der Waals surface area contributed by atoms with E-state index in [0.717, 1.165) is 10.5 Å². The molecule has 0 fully saturated rings. The minimum Gasteiger partial charge on any atom is -0.259 e. The first-order chi connectivity index (χ1) is 6.81. The number of fused-ring (bicyclic) bond motifs is 1. The molecule has 1 atom stereocenters. The Morgan fingerprint density at radius 1 is 1.27 bits per heavy atom. The molecule has 1 nitrogen and oxygen atoms in total. The Bertz CT molecular complexity index is 528. The van der Waals surface area contributed by atoms with Crippen LogP contribution in [0.2, 0.25) is 0 Å². The van der Waals surface area contributed by atoms with E-state index in [1.54, 1.807) is 5.41 Å². The van der Waals surface area contributed by atoms with Gasteiger partial charge in [0.15, 0.2) is 0 Å². The summed E-state index contributed by atoms with van der Waals surface area (Å²) in [5.74, 6) is 3.74. The zero-order valence-electron chi connectivity index (χ0n) is 9.41. The third-order valence-corrected chi connectivity index (χ3v) is 4.41. The SMILES string of the molecule is C=S1(=O)C=Cc2cc(C(C)(C)C)ccc21. The average Bonchev–Trinajstić information content (AvgIpc) is 2.41. The van der Waals surface area contributed by atoms with Crippen molar-refractivity contribution < 1.29 is 4.21 Å². The second kappa shape index (κ2) is 2.99. The van der Waals surface area contributed by atoms with Crippen LogP contribution in [0.1, 0.15) is 31.9 Å². The van der Waals surface area contributed by atoms with E-state index in [9.17, 15) is 4.21 Å². The van der Waals surface area contributed by atoms with E-state index in [2.05, 4.69) is 38.8 Å². The van der Waals surface area contributed by atoms with Crippen molar-refractivity contribution in [2.75, 3.05) is 0 Å². The molecule has 2 rings (SSSR count). The number of hydrogen-bond acceptors (Lipinski definition) is 1. The van der Waals surface area contributed by atoms with Gasteiger partial charge in [0.25, 0.3) is 0 Å². The van der Waals surface area contributed by atoms with Crippen molar-refractivity contribution in [3.63, 3.8) is 0 Å². The summed E-state index contributed by atoms with van der Waals surface area (Å²) in [4.78, 5) is 0.871. The van der Waals surface area contributed by atoms with Crippen LogP contribution in [0, 0.1) is 0 Å². The fourth-order valence-corrected chi connectivity index (χ4v) is 3.05. The molecule has 1 aromatic rings. The quantitative estimate of drug-likeness (QED) is 0.614. The third kappa shape index (κ3) is 1.74. The van der Waals surface area contributed by atoms with Crippen molar-refractivity contribution in [2.45, 2.75) is 31.1 Å². The van der Waals surface area contributed by atoms with Crippen LogP contribution in [-0.4, -0.2) is 10.1 Å². The van der Waals surface area contributed by atoms with Crippen LogP contribution >= 0.6 is 0 Å². The lowest BCUT2D eigenvalue weighted by Gasteiger charge is -2.19. The molecule has 0 N–H and O–H groups in total. The van der Waals surface area contributed by atoms with E-state index in [1.807, 2.05) is 12.1 Å². The lowest BCUT2D eigenvalue weighted by molar-refractivity contribution is 0.589. The standard InChI is InChI=1S/C13H16OS/c1-13(2,3)11-5-6-12-10(9-11)7-8-15(12,4)14/h5-9H,4H2,1-3H3. The first kappa shape index (κ1) is 10.5. The molecule has 1 heterocycles. The molecule has 1 aliphatic rings. The maximum absolute atomic E-state index is 12.0. The van der Waals surface area contributed by atoms with Crippen LogP contribution in [0.4, 0.5) is 0 Å². The fraction of sp³-hybridized carbons (Fsp3) is 0.308. The van der Waals surface area contributed by atoms with Crippen molar-refractivity contribution in [1.82, 2.24) is 0 Å². The van der Waals surface area contributed by atoms with Crippen LogP contribution in [0.15, 0.2) is 28.5 Å². The molecule has 0 bridgehead atoms. The molecule has 0 aliphatic carbocycles. The van der Waals surface area contributed by atoms with Crippen molar-refractivity contribution in [2.24, 2.45) is 0 Å². The fourth-order valence-electron chi connectivity index (χ4n) is 1.72. The summed E-state index contributed by atoms with van der Waals surface area (Å²) in [5.41, 5.74) is 2.46. The van der Waals surface area contributed by atoms with Gasteiger partial charge in [-0.3, -0.25) is 4.21 Å². The Kier molecular flexibility index (Phi) is 2.09. The van der Waals surface area contributed by atoms with Crippen molar-refractivity contribution in [3.8, 4) is 0 Å². The van der Waals surface area contributed by atoms with Crippen molar-refractivity contribution in [3.05, 3.63) is 34.7 Å². The number of rotatable bonds is 0. The second-order valence-electron chi connectivity index (χ2n) is 5.03. The van der Waals surface area contributed by atoms with Gasteiger partial charge in [-0.05, 0) is 46.0 Å². The van der Waals surface area contributed by atoms with E-state index in [1.165, 1.54) is 5.56 Å². The minimum absolute atomic E-state index is 0.132. The van der Waals surface area contributed by atoms with Gasteiger partial charge >= 0.3 is 0 Å². The smallest absolute Gasteiger partial charge is 0.0417 e. The second-order valence-corrected chi connectivity index (χ2v) is 7.20. The highest BCUT2D eigenvalue weighted by molar-refractivity contribution is 8.03. The predicted octanol–water partition coefficient (Wildman–Crippen LogP) is 3.04. The van der Waals surface area contributed by atoms with Gasteiger partial charge < -0.3 is 0 Å². The molecule has 1 unspecified atom stereocenters. The highest BCUT2D eigenvalue weighted by Crippen LogP contribution is 2.31. The Morgan fingerprint density at radius 2 is 1.93 bits per heavy atom. The molecule has 1 aliphatic heterocycles. The Hall–Kier alpha value is -1.02. The molecule has 0 aromatic heterocycles. The molecule has 80 valence electrons. The van der Waals surface area contributed by atoms with Gasteiger partial charge in [-0.25, -0.2) is 0 Å². The molecular formula is C13H16OS. The molecule has 1 aromatic carbocycles. The summed E-state index contributed by atoms with van der Waals surface area (Å²) in [6, 6.07) is 6.12. The minimum atomic E-state index is -2.15. The van der Waals surface area contributed by atoms with Gasteiger partial charge in [-0.15, -0.1) is 0 Å². The largest absolute Gasteiger partial charge is 0.259 e. The first-order valence-electron chi connectivity index (χ1n) is 5.01. The van der Waals surface area contributed by atoms with Gasteiger partial charge in [-0.1, -0.05) is 26.8 Å². The summed E-state index contributed by atoms with van der Waals surface area (Å²) in [6.45, 7) is 6.53. The first-order valence-corrected chi connectivity index (χ1v) is 6.80. The van der Waals surface area contributed by atoms with Crippen LogP contribution < -0.4 is 0 Å². The summed E-state index contributed by atoms with van der Waals surface area (Å²) >= 11 is 0. The summed E-state index contributed by atoms with van der Waals surface area (Å²) in [7, 11) is -2.15. The maximum atomic E-state index is 12.0. The highest BCUT2D eigenvalue weighted by Gasteiger charge is 2.19. The molecule has 15 heavy (non-hydrogen) atoms. The average molecular weight is 220 g/mol. The van der Waals surface area contributed by atoms with E-state index in [4.69, 9.17) is 0 Å². The van der Waals surface area contributed by atoms with Gasteiger partial charge in [-0.2, -0.15) is 0 Å². The molecule has 0 spiro atoms. The summed E-state index contributed by atoms with van der Waals surface area (Å²) in [5, 5.41) is 1.71. The molecule has 0 saturated carbocycles. The third-order valence-electron chi connectivity index (χ3n) is 2.72. The van der Waals surface area contributed by atoms with E-state index >= 15 is 0 Å². The molecule has 0 saturated heterocycles. The zero-order valence-corrected chi connectivity index (χ0v) is 10.2. The monoisotopic (exact) mass is 220 g/mol. The van der Waals surface area contributed by atoms with Gasteiger partial charge in [0.05, 0.1) is 0 Å². The number of benzene rings is 1. The van der Waals surface area contributed by atoms with Crippen LogP contribution in [0.5, 0.6) is 0 Å². The Labute approximate surface area is 91.8 Å². The zero-order chi connectivity index (χ0) is 11.3. The van der Waals surface area contributed by atoms with E-state index in [-0.39, 0.29) is 5.41 Å². The lowest BCUT2D eigenvalue weighted by atomic mass is 9.86. The predicted molar refractivity (Wildman–Crippen MR) is 67.7 cm³/mol. The Balaban J connectivity index is 2.61. The van der Waals surface area contributed by atoms with Gasteiger partial charge in [0.2, 0.25) is 0 Å². The molecule has 2 heteroatoms. The van der Waals surface area contributed by atoms with Crippen molar-refractivity contribution in [1.29, 1.82) is 0 Å². The maximum Gasteiger partial charge on any atom is 0.0417 e. The van der Waals surface area contributed by atoms with Crippen LogP contribution in [0.3, 0.4) is 0 Å². The molecule has 0 radical (unpaired) electrons. The molecule has 0 amide bonds. The normalized spacial score (nSPS) is 24.2.